The minimum atomic E-state index is -0.972. The fourth-order valence-electron chi connectivity index (χ4n) is 5.18. The number of halogens is 3. The van der Waals surface area contributed by atoms with Crippen LogP contribution in [0, 0.1) is 17.5 Å². The summed E-state index contributed by atoms with van der Waals surface area (Å²) in [6.07, 6.45) is 9.73. The van der Waals surface area contributed by atoms with Gasteiger partial charge in [-0.05, 0) is 66.1 Å². The standard InChI is InChI=1S/C33H39F3O2/c1-3-5-7-9-27-16-14-26(22-38-27)28-17-15-25(21-30(28)34)23-10-12-24(13-11-23)29-18-19-31(33(36)32(29)35)37-20-8-6-4-2/h10-13,15,17-19,21,26-27H,3-9,14,16,20,22H2,1-2H3. The lowest BCUT2D eigenvalue weighted by Crippen LogP contribution is -2.25. The van der Waals surface area contributed by atoms with Crippen molar-refractivity contribution < 1.29 is 22.6 Å². The van der Waals surface area contributed by atoms with Crippen LogP contribution < -0.4 is 4.74 Å². The molecule has 5 heteroatoms. The highest BCUT2D eigenvalue weighted by molar-refractivity contribution is 5.71. The molecule has 0 aromatic heterocycles. The maximum absolute atomic E-state index is 15.1. The maximum atomic E-state index is 15.1. The number of ether oxygens (including phenoxy) is 2. The van der Waals surface area contributed by atoms with Crippen LogP contribution in [0.15, 0.2) is 54.6 Å². The van der Waals surface area contributed by atoms with E-state index in [1.165, 1.54) is 31.4 Å². The first-order valence-electron chi connectivity index (χ1n) is 14.1. The first-order chi connectivity index (χ1) is 18.5. The third-order valence-electron chi connectivity index (χ3n) is 7.52. The van der Waals surface area contributed by atoms with E-state index in [1.54, 1.807) is 30.3 Å². The van der Waals surface area contributed by atoms with Crippen molar-refractivity contribution in [3.8, 4) is 28.0 Å². The molecule has 0 aliphatic carbocycles. The van der Waals surface area contributed by atoms with Gasteiger partial charge in [-0.25, -0.2) is 8.78 Å². The van der Waals surface area contributed by atoms with E-state index in [9.17, 15) is 8.78 Å². The van der Waals surface area contributed by atoms with E-state index in [2.05, 4.69) is 13.8 Å². The summed E-state index contributed by atoms with van der Waals surface area (Å²) in [5, 5.41) is 0. The van der Waals surface area contributed by atoms with Gasteiger partial charge in [-0.3, -0.25) is 0 Å². The van der Waals surface area contributed by atoms with Crippen molar-refractivity contribution in [2.45, 2.75) is 83.7 Å². The van der Waals surface area contributed by atoms with Gasteiger partial charge in [-0.1, -0.05) is 82.3 Å². The topological polar surface area (TPSA) is 18.5 Å². The molecule has 0 saturated carbocycles. The smallest absolute Gasteiger partial charge is 0.201 e. The molecule has 1 aliphatic heterocycles. The van der Waals surface area contributed by atoms with E-state index in [1.807, 2.05) is 12.1 Å². The number of rotatable bonds is 12. The van der Waals surface area contributed by atoms with E-state index in [0.717, 1.165) is 49.7 Å². The zero-order valence-corrected chi connectivity index (χ0v) is 22.6. The van der Waals surface area contributed by atoms with Crippen LogP contribution >= 0.6 is 0 Å². The highest BCUT2D eigenvalue weighted by Gasteiger charge is 2.25. The molecule has 2 atom stereocenters. The Labute approximate surface area is 225 Å². The quantitative estimate of drug-likeness (QED) is 0.220. The summed E-state index contributed by atoms with van der Waals surface area (Å²) in [6.45, 7) is 5.19. The average molecular weight is 525 g/mol. The SMILES string of the molecule is CCCCCOc1ccc(-c2ccc(-c3ccc(C4CCC(CCCCC)OC4)c(F)c3)cc2)c(F)c1F. The molecule has 0 N–H and O–H groups in total. The van der Waals surface area contributed by atoms with Gasteiger partial charge in [0.05, 0.1) is 19.3 Å². The maximum Gasteiger partial charge on any atom is 0.201 e. The lowest BCUT2D eigenvalue weighted by atomic mass is 9.88. The molecule has 2 nitrogen and oxygen atoms in total. The molecule has 3 aromatic carbocycles. The first kappa shape index (κ1) is 28.2. The summed E-state index contributed by atoms with van der Waals surface area (Å²) < 4.78 is 56.0. The lowest BCUT2D eigenvalue weighted by Gasteiger charge is -2.29. The second-order valence-electron chi connectivity index (χ2n) is 10.3. The Bertz CT molecular complexity index is 1170. The Balaban J connectivity index is 1.41. The Morgan fingerprint density at radius 2 is 1.47 bits per heavy atom. The van der Waals surface area contributed by atoms with Crippen molar-refractivity contribution in [1.82, 2.24) is 0 Å². The molecule has 1 saturated heterocycles. The van der Waals surface area contributed by atoms with Crippen LogP contribution in [0.4, 0.5) is 13.2 Å². The number of benzene rings is 3. The molecule has 0 radical (unpaired) electrons. The third kappa shape index (κ3) is 6.99. The Hall–Kier alpha value is -2.79. The molecule has 1 heterocycles. The minimum Gasteiger partial charge on any atom is -0.490 e. The van der Waals surface area contributed by atoms with Gasteiger partial charge in [0, 0.05) is 11.5 Å². The highest BCUT2D eigenvalue weighted by Crippen LogP contribution is 2.35. The van der Waals surface area contributed by atoms with Gasteiger partial charge in [0.25, 0.3) is 0 Å². The van der Waals surface area contributed by atoms with Crippen molar-refractivity contribution in [3.05, 3.63) is 77.6 Å². The van der Waals surface area contributed by atoms with E-state index in [-0.39, 0.29) is 23.0 Å². The number of unbranched alkanes of at least 4 members (excludes halogenated alkanes) is 4. The molecule has 3 aromatic rings. The van der Waals surface area contributed by atoms with Crippen LogP contribution in [0.5, 0.6) is 5.75 Å². The van der Waals surface area contributed by atoms with Gasteiger partial charge in [0.1, 0.15) is 5.82 Å². The van der Waals surface area contributed by atoms with Gasteiger partial charge in [0.15, 0.2) is 11.6 Å². The van der Waals surface area contributed by atoms with Crippen molar-refractivity contribution in [1.29, 1.82) is 0 Å². The Morgan fingerprint density at radius 3 is 2.16 bits per heavy atom. The van der Waals surface area contributed by atoms with Gasteiger partial charge in [-0.15, -0.1) is 0 Å². The van der Waals surface area contributed by atoms with Crippen molar-refractivity contribution in [2.75, 3.05) is 13.2 Å². The minimum absolute atomic E-state index is 0.0649. The van der Waals surface area contributed by atoms with Crippen LogP contribution in [-0.2, 0) is 4.74 Å². The van der Waals surface area contributed by atoms with Crippen molar-refractivity contribution in [3.63, 3.8) is 0 Å². The van der Waals surface area contributed by atoms with Gasteiger partial charge < -0.3 is 9.47 Å². The largest absolute Gasteiger partial charge is 0.490 e. The van der Waals surface area contributed by atoms with Crippen LogP contribution in [0.25, 0.3) is 22.3 Å². The summed E-state index contributed by atoms with van der Waals surface area (Å²) in [5.74, 6) is -2.12. The van der Waals surface area contributed by atoms with E-state index >= 15 is 4.39 Å². The molecule has 204 valence electrons. The fraction of sp³-hybridized carbons (Fsp3) is 0.455. The molecule has 0 bridgehead atoms. The average Bonchev–Trinajstić information content (AvgIpc) is 2.94. The van der Waals surface area contributed by atoms with Crippen molar-refractivity contribution >= 4 is 0 Å². The molecular weight excluding hydrogens is 485 g/mol. The lowest BCUT2D eigenvalue weighted by molar-refractivity contribution is -0.00267. The number of hydrogen-bond donors (Lipinski definition) is 0. The molecule has 4 rings (SSSR count). The van der Waals surface area contributed by atoms with Gasteiger partial charge in [0.2, 0.25) is 5.82 Å². The summed E-state index contributed by atoms with van der Waals surface area (Å²) in [5.41, 5.74) is 2.97. The predicted molar refractivity (Wildman–Crippen MR) is 148 cm³/mol. The normalized spacial score (nSPS) is 17.5. The van der Waals surface area contributed by atoms with Gasteiger partial charge in [-0.2, -0.15) is 4.39 Å². The first-order valence-corrected chi connectivity index (χ1v) is 14.1. The Kier molecular flexibility index (Phi) is 10.3. The molecular formula is C33H39F3O2. The van der Waals surface area contributed by atoms with Crippen LogP contribution in [0.1, 0.15) is 83.1 Å². The highest BCUT2D eigenvalue weighted by atomic mass is 19.2. The zero-order chi connectivity index (χ0) is 26.9. The predicted octanol–water partition coefficient (Wildman–Crippen LogP) is 9.85. The summed E-state index contributed by atoms with van der Waals surface area (Å²) >= 11 is 0. The Morgan fingerprint density at radius 1 is 0.763 bits per heavy atom. The molecule has 1 aliphatic rings. The second kappa shape index (κ2) is 13.8. The van der Waals surface area contributed by atoms with Crippen molar-refractivity contribution in [2.24, 2.45) is 0 Å². The van der Waals surface area contributed by atoms with E-state index in [4.69, 9.17) is 9.47 Å². The van der Waals surface area contributed by atoms with E-state index in [0.29, 0.717) is 30.4 Å². The molecule has 38 heavy (non-hydrogen) atoms. The van der Waals surface area contributed by atoms with E-state index < -0.39 is 11.6 Å². The third-order valence-corrected chi connectivity index (χ3v) is 7.52. The zero-order valence-electron chi connectivity index (χ0n) is 22.6. The monoisotopic (exact) mass is 524 g/mol. The molecule has 0 spiro atoms. The summed E-state index contributed by atoms with van der Waals surface area (Å²) in [7, 11) is 0. The molecule has 2 unspecified atom stereocenters. The van der Waals surface area contributed by atoms with Crippen LogP contribution in [-0.4, -0.2) is 19.3 Å². The van der Waals surface area contributed by atoms with Gasteiger partial charge >= 0.3 is 0 Å². The van der Waals surface area contributed by atoms with Crippen LogP contribution in [0.3, 0.4) is 0 Å². The fourth-order valence-corrected chi connectivity index (χ4v) is 5.18. The summed E-state index contributed by atoms with van der Waals surface area (Å²) in [6, 6.07) is 15.4. The molecule has 1 fully saturated rings. The second-order valence-corrected chi connectivity index (χ2v) is 10.3. The van der Waals surface area contributed by atoms with Crippen LogP contribution in [0.2, 0.25) is 0 Å². The summed E-state index contributed by atoms with van der Waals surface area (Å²) in [4.78, 5) is 0. The number of hydrogen-bond acceptors (Lipinski definition) is 2. The molecule has 0 amide bonds.